The van der Waals surface area contributed by atoms with Crippen LogP contribution in [0.25, 0.3) is 0 Å². The van der Waals surface area contributed by atoms with Crippen LogP contribution in [0.5, 0.6) is 0 Å². The summed E-state index contributed by atoms with van der Waals surface area (Å²) in [5.41, 5.74) is 0.247. The van der Waals surface area contributed by atoms with Crippen molar-refractivity contribution in [1.82, 2.24) is 4.98 Å². The van der Waals surface area contributed by atoms with E-state index in [4.69, 9.17) is 5.11 Å². The number of hydrogen-bond acceptors (Lipinski definition) is 2. The van der Waals surface area contributed by atoms with Gasteiger partial charge in [-0.3, -0.25) is 0 Å². The number of aliphatic hydroxyl groups excluding tert-OH is 1. The van der Waals surface area contributed by atoms with Crippen molar-refractivity contribution in [2.24, 2.45) is 0 Å². The Morgan fingerprint density at radius 2 is 2.36 bits per heavy atom. The van der Waals surface area contributed by atoms with Crippen LogP contribution in [0.4, 0.5) is 4.39 Å². The van der Waals surface area contributed by atoms with Gasteiger partial charge in [-0.15, -0.1) is 0 Å². The van der Waals surface area contributed by atoms with Crippen LogP contribution in [0.2, 0.25) is 0 Å². The normalized spacial score (nSPS) is 13.1. The van der Waals surface area contributed by atoms with Gasteiger partial charge in [0.2, 0.25) is 5.95 Å². The van der Waals surface area contributed by atoms with E-state index in [0.717, 1.165) is 3.57 Å². The lowest BCUT2D eigenvalue weighted by Gasteiger charge is -2.04. The maximum Gasteiger partial charge on any atom is 0.218 e. The lowest BCUT2D eigenvalue weighted by Crippen LogP contribution is -1.98. The molecule has 1 heterocycles. The lowest BCUT2D eigenvalue weighted by molar-refractivity contribution is 0.192. The van der Waals surface area contributed by atoms with Crippen molar-refractivity contribution in [3.63, 3.8) is 0 Å². The van der Waals surface area contributed by atoms with Crippen LogP contribution in [0, 0.1) is 9.52 Å². The fourth-order valence-corrected chi connectivity index (χ4v) is 1.21. The second kappa shape index (κ2) is 3.44. The van der Waals surface area contributed by atoms with Crippen molar-refractivity contribution in [3.05, 3.63) is 27.3 Å². The first-order chi connectivity index (χ1) is 5.11. The van der Waals surface area contributed by atoms with Crippen molar-refractivity contribution < 1.29 is 9.50 Å². The van der Waals surface area contributed by atoms with E-state index >= 15 is 0 Å². The highest BCUT2D eigenvalue weighted by Gasteiger charge is 2.08. The first-order valence-electron chi connectivity index (χ1n) is 3.10. The molecule has 0 amide bonds. The molecular formula is C7H7FINO. The summed E-state index contributed by atoms with van der Waals surface area (Å²) in [5, 5.41) is 9.05. The molecule has 0 aliphatic heterocycles. The topological polar surface area (TPSA) is 33.1 Å². The van der Waals surface area contributed by atoms with Crippen LogP contribution < -0.4 is 0 Å². The SMILES string of the molecule is CC(O)c1cc(I)cnc1F. The minimum Gasteiger partial charge on any atom is -0.389 e. The largest absolute Gasteiger partial charge is 0.389 e. The molecule has 1 N–H and O–H groups in total. The number of pyridine rings is 1. The third-order valence-electron chi connectivity index (χ3n) is 1.28. The van der Waals surface area contributed by atoms with E-state index < -0.39 is 12.1 Å². The third kappa shape index (κ3) is 2.10. The maximum atomic E-state index is 12.7. The Morgan fingerprint density at radius 3 is 2.82 bits per heavy atom. The van der Waals surface area contributed by atoms with Crippen LogP contribution in [0.15, 0.2) is 12.3 Å². The van der Waals surface area contributed by atoms with E-state index in [1.165, 1.54) is 13.1 Å². The lowest BCUT2D eigenvalue weighted by atomic mass is 10.2. The van der Waals surface area contributed by atoms with E-state index in [2.05, 4.69) is 4.98 Å². The predicted octanol–water partition coefficient (Wildman–Crippen LogP) is 1.88. The quantitative estimate of drug-likeness (QED) is 0.622. The standard InChI is InChI=1S/C7H7FINO/c1-4(11)6-2-5(9)3-10-7(6)8/h2-4,11H,1H3. The van der Waals surface area contributed by atoms with Crippen molar-refractivity contribution in [2.75, 3.05) is 0 Å². The summed E-state index contributed by atoms with van der Waals surface area (Å²) < 4.78 is 13.6. The molecule has 1 aromatic rings. The zero-order valence-electron chi connectivity index (χ0n) is 5.88. The van der Waals surface area contributed by atoms with Gasteiger partial charge in [0.1, 0.15) is 0 Å². The van der Waals surface area contributed by atoms with Crippen molar-refractivity contribution in [3.8, 4) is 0 Å². The van der Waals surface area contributed by atoms with Gasteiger partial charge in [-0.25, -0.2) is 4.98 Å². The molecule has 60 valence electrons. The smallest absolute Gasteiger partial charge is 0.218 e. The van der Waals surface area contributed by atoms with E-state index in [9.17, 15) is 4.39 Å². The molecule has 0 spiro atoms. The Balaban J connectivity index is 3.13. The van der Waals surface area contributed by atoms with Crippen LogP contribution in [-0.4, -0.2) is 10.1 Å². The number of aromatic nitrogens is 1. The summed E-state index contributed by atoms with van der Waals surface area (Å²) >= 11 is 2.02. The average Bonchev–Trinajstić information content (AvgIpc) is 1.94. The van der Waals surface area contributed by atoms with Gasteiger partial charge in [0.05, 0.1) is 6.10 Å². The van der Waals surface area contributed by atoms with Gasteiger partial charge in [0.15, 0.2) is 0 Å². The van der Waals surface area contributed by atoms with Crippen LogP contribution >= 0.6 is 22.6 Å². The zero-order valence-corrected chi connectivity index (χ0v) is 8.04. The van der Waals surface area contributed by atoms with E-state index in [0.29, 0.717) is 0 Å². The van der Waals surface area contributed by atoms with Gasteiger partial charge >= 0.3 is 0 Å². The summed E-state index contributed by atoms with van der Waals surface area (Å²) in [7, 11) is 0. The second-order valence-electron chi connectivity index (χ2n) is 2.21. The molecule has 0 saturated carbocycles. The monoisotopic (exact) mass is 267 g/mol. The third-order valence-corrected chi connectivity index (χ3v) is 1.87. The Morgan fingerprint density at radius 1 is 1.73 bits per heavy atom. The number of aliphatic hydroxyl groups is 1. The highest BCUT2D eigenvalue weighted by atomic mass is 127. The highest BCUT2D eigenvalue weighted by Crippen LogP contribution is 2.16. The van der Waals surface area contributed by atoms with Crippen LogP contribution in [0.1, 0.15) is 18.6 Å². The van der Waals surface area contributed by atoms with E-state index in [1.807, 2.05) is 22.6 Å². The molecule has 1 rings (SSSR count). The summed E-state index contributed by atoms with van der Waals surface area (Å²) in [6, 6.07) is 1.58. The molecule has 0 bridgehead atoms. The molecule has 11 heavy (non-hydrogen) atoms. The van der Waals surface area contributed by atoms with Crippen molar-refractivity contribution in [2.45, 2.75) is 13.0 Å². The van der Waals surface area contributed by atoms with Crippen LogP contribution in [-0.2, 0) is 0 Å². The Bertz CT molecular complexity index is 265. The van der Waals surface area contributed by atoms with Crippen molar-refractivity contribution in [1.29, 1.82) is 0 Å². The Kier molecular flexibility index (Phi) is 2.78. The average molecular weight is 267 g/mol. The summed E-state index contributed by atoms with van der Waals surface area (Å²) in [4.78, 5) is 3.47. The molecule has 0 aromatic carbocycles. The molecule has 0 saturated heterocycles. The minimum atomic E-state index is -0.794. The Hall–Kier alpha value is -0.230. The molecule has 1 aromatic heterocycles. The number of hydrogen-bond donors (Lipinski definition) is 1. The van der Waals surface area contributed by atoms with Crippen LogP contribution in [0.3, 0.4) is 0 Å². The highest BCUT2D eigenvalue weighted by molar-refractivity contribution is 14.1. The summed E-state index contributed by atoms with van der Waals surface area (Å²) in [6.45, 7) is 1.51. The molecule has 1 unspecified atom stereocenters. The van der Waals surface area contributed by atoms with Crippen molar-refractivity contribution >= 4 is 22.6 Å². The summed E-state index contributed by atoms with van der Waals surface area (Å²) in [5.74, 6) is -0.597. The number of halogens is 2. The first-order valence-corrected chi connectivity index (χ1v) is 4.18. The number of rotatable bonds is 1. The first kappa shape index (κ1) is 8.86. The van der Waals surface area contributed by atoms with Gasteiger partial charge in [0.25, 0.3) is 0 Å². The minimum absolute atomic E-state index is 0.247. The summed E-state index contributed by atoms with van der Waals surface area (Å²) in [6.07, 6.45) is 0.624. The van der Waals surface area contributed by atoms with Gasteiger partial charge in [-0.2, -0.15) is 4.39 Å². The Labute approximate surface area is 77.6 Å². The molecule has 0 aliphatic carbocycles. The zero-order chi connectivity index (χ0) is 8.43. The molecule has 1 atom stereocenters. The second-order valence-corrected chi connectivity index (χ2v) is 3.46. The van der Waals surface area contributed by atoms with E-state index in [1.54, 1.807) is 6.07 Å². The molecule has 0 fully saturated rings. The van der Waals surface area contributed by atoms with Gasteiger partial charge in [0, 0.05) is 15.3 Å². The molecular weight excluding hydrogens is 260 g/mol. The van der Waals surface area contributed by atoms with E-state index in [-0.39, 0.29) is 5.56 Å². The van der Waals surface area contributed by atoms with Gasteiger partial charge < -0.3 is 5.11 Å². The predicted molar refractivity (Wildman–Crippen MR) is 47.5 cm³/mol. The molecule has 0 aliphatic rings. The molecule has 0 radical (unpaired) electrons. The molecule has 4 heteroatoms. The maximum absolute atomic E-state index is 12.7. The van der Waals surface area contributed by atoms with Gasteiger partial charge in [-0.1, -0.05) is 0 Å². The molecule has 2 nitrogen and oxygen atoms in total. The fourth-order valence-electron chi connectivity index (χ4n) is 0.731. The fraction of sp³-hybridized carbons (Fsp3) is 0.286. The van der Waals surface area contributed by atoms with Gasteiger partial charge in [-0.05, 0) is 35.6 Å². The number of nitrogens with zero attached hydrogens (tertiary/aromatic N) is 1.